The zero-order valence-electron chi connectivity index (χ0n) is 12.4. The predicted octanol–water partition coefficient (Wildman–Crippen LogP) is 2.46. The van der Waals surface area contributed by atoms with Crippen molar-refractivity contribution in [3.8, 4) is 5.75 Å². The van der Waals surface area contributed by atoms with Gasteiger partial charge in [0.2, 0.25) is 0 Å². The van der Waals surface area contributed by atoms with Crippen LogP contribution < -0.4 is 15.8 Å². The van der Waals surface area contributed by atoms with Crippen molar-refractivity contribution in [2.24, 2.45) is 5.73 Å². The van der Waals surface area contributed by atoms with Crippen molar-refractivity contribution in [2.75, 3.05) is 6.61 Å². The minimum atomic E-state index is -0.0241. The van der Waals surface area contributed by atoms with Crippen molar-refractivity contribution < 1.29 is 9.53 Å². The number of nitrogens with one attached hydrogen (secondary N) is 1. The number of carbonyl (C=O) groups is 1. The Labute approximate surface area is 126 Å². The van der Waals surface area contributed by atoms with Crippen LogP contribution in [0.2, 0.25) is 0 Å². The van der Waals surface area contributed by atoms with Crippen molar-refractivity contribution in [2.45, 2.75) is 57.0 Å². The van der Waals surface area contributed by atoms with Crippen molar-refractivity contribution in [3.05, 3.63) is 29.3 Å². The molecule has 3 N–H and O–H groups in total. The molecule has 4 heteroatoms. The van der Waals surface area contributed by atoms with E-state index in [1.165, 1.54) is 24.0 Å². The molecule has 1 saturated carbocycles. The Morgan fingerprint density at radius 3 is 2.86 bits per heavy atom. The highest BCUT2D eigenvalue weighted by Crippen LogP contribution is 2.30. The molecule has 0 radical (unpaired) electrons. The van der Waals surface area contributed by atoms with Crippen LogP contribution in [-0.2, 0) is 11.2 Å². The van der Waals surface area contributed by atoms with E-state index in [4.69, 9.17) is 10.5 Å². The first-order chi connectivity index (χ1) is 10.2. The molecular formula is C17H24N2O2. The van der Waals surface area contributed by atoms with Gasteiger partial charge in [-0.15, -0.1) is 0 Å². The number of nitrogens with two attached hydrogens (primary N) is 1. The summed E-state index contributed by atoms with van der Waals surface area (Å²) in [4.78, 5) is 11.9. The second-order valence-corrected chi connectivity index (χ2v) is 6.20. The van der Waals surface area contributed by atoms with E-state index < -0.39 is 0 Å². The van der Waals surface area contributed by atoms with Gasteiger partial charge in [-0.3, -0.25) is 4.79 Å². The highest BCUT2D eigenvalue weighted by Gasteiger charge is 2.19. The summed E-state index contributed by atoms with van der Waals surface area (Å²) < 4.78 is 5.62. The zero-order valence-corrected chi connectivity index (χ0v) is 12.4. The van der Waals surface area contributed by atoms with Crippen LogP contribution in [0, 0.1) is 0 Å². The van der Waals surface area contributed by atoms with Gasteiger partial charge in [0.1, 0.15) is 5.75 Å². The molecule has 1 amide bonds. The summed E-state index contributed by atoms with van der Waals surface area (Å²) in [5.74, 6) is 0.719. The molecule has 0 aliphatic heterocycles. The molecule has 1 aromatic carbocycles. The number of benzene rings is 1. The molecule has 1 fully saturated rings. The third-order valence-electron chi connectivity index (χ3n) is 4.57. The van der Waals surface area contributed by atoms with Gasteiger partial charge in [-0.05, 0) is 55.4 Å². The van der Waals surface area contributed by atoms with Gasteiger partial charge in [-0.2, -0.15) is 0 Å². The third-order valence-corrected chi connectivity index (χ3v) is 4.57. The highest BCUT2D eigenvalue weighted by molar-refractivity contribution is 5.77. The van der Waals surface area contributed by atoms with Gasteiger partial charge >= 0.3 is 0 Å². The first kappa shape index (κ1) is 14.4. The van der Waals surface area contributed by atoms with Crippen LogP contribution in [0.1, 0.15) is 55.7 Å². The van der Waals surface area contributed by atoms with Gasteiger partial charge in [0.15, 0.2) is 6.61 Å². The molecule has 1 aromatic rings. The van der Waals surface area contributed by atoms with E-state index in [2.05, 4.69) is 11.4 Å². The average molecular weight is 288 g/mol. The predicted molar refractivity (Wildman–Crippen MR) is 82.2 cm³/mol. The maximum absolute atomic E-state index is 11.9. The number of hydrogen-bond donors (Lipinski definition) is 2. The Balaban J connectivity index is 1.55. The fraction of sp³-hybridized carbons (Fsp3) is 0.588. The molecular weight excluding hydrogens is 264 g/mol. The zero-order chi connectivity index (χ0) is 14.7. The summed E-state index contributed by atoms with van der Waals surface area (Å²) in [6.07, 6.45) is 7.89. The third kappa shape index (κ3) is 3.56. The van der Waals surface area contributed by atoms with Crippen LogP contribution in [0.5, 0.6) is 5.75 Å². The van der Waals surface area contributed by atoms with Gasteiger partial charge in [0, 0.05) is 12.1 Å². The average Bonchev–Trinajstić information content (AvgIpc) is 2.98. The van der Waals surface area contributed by atoms with E-state index in [0.29, 0.717) is 6.04 Å². The number of amides is 1. The molecule has 0 bridgehead atoms. The lowest BCUT2D eigenvalue weighted by Crippen LogP contribution is -2.36. The Morgan fingerprint density at radius 2 is 2.05 bits per heavy atom. The van der Waals surface area contributed by atoms with Crippen LogP contribution in [0.15, 0.2) is 18.2 Å². The quantitative estimate of drug-likeness (QED) is 0.894. The number of ether oxygens (including phenoxy) is 1. The summed E-state index contributed by atoms with van der Waals surface area (Å²) in [5.41, 5.74) is 8.64. The number of fused-ring (bicyclic) bond motifs is 1. The normalized spacial score (nSPS) is 21.9. The van der Waals surface area contributed by atoms with Crippen LogP contribution in [0.25, 0.3) is 0 Å². The Kier molecular flexibility index (Phi) is 4.44. The maximum atomic E-state index is 11.9. The summed E-state index contributed by atoms with van der Waals surface area (Å²) in [7, 11) is 0. The topological polar surface area (TPSA) is 64.3 Å². The molecule has 0 aromatic heterocycles. The van der Waals surface area contributed by atoms with E-state index in [1.54, 1.807) is 0 Å². The molecule has 0 unspecified atom stereocenters. The monoisotopic (exact) mass is 288 g/mol. The first-order valence-electron chi connectivity index (χ1n) is 8.03. The number of hydrogen-bond acceptors (Lipinski definition) is 3. The lowest BCUT2D eigenvalue weighted by molar-refractivity contribution is -0.123. The van der Waals surface area contributed by atoms with Gasteiger partial charge in [-0.25, -0.2) is 0 Å². The molecule has 114 valence electrons. The summed E-state index contributed by atoms with van der Waals surface area (Å²) in [6.45, 7) is 0.0878. The van der Waals surface area contributed by atoms with E-state index >= 15 is 0 Å². The van der Waals surface area contributed by atoms with E-state index in [1.807, 2.05) is 12.1 Å². The van der Waals surface area contributed by atoms with Crippen molar-refractivity contribution in [1.29, 1.82) is 0 Å². The van der Waals surface area contributed by atoms with Gasteiger partial charge in [0.25, 0.3) is 5.91 Å². The lowest BCUT2D eigenvalue weighted by atomic mass is 9.88. The molecule has 3 rings (SSSR count). The van der Waals surface area contributed by atoms with E-state index in [0.717, 1.165) is 37.9 Å². The molecule has 4 nitrogen and oxygen atoms in total. The van der Waals surface area contributed by atoms with Crippen LogP contribution in [0.4, 0.5) is 0 Å². The SMILES string of the molecule is N[C@@H]1CCCc2ccc(OCC(=O)NC3CCCC3)cc21. The van der Waals surface area contributed by atoms with Gasteiger partial charge in [0.05, 0.1) is 0 Å². The van der Waals surface area contributed by atoms with Gasteiger partial charge in [-0.1, -0.05) is 18.9 Å². The molecule has 1 atom stereocenters. The fourth-order valence-corrected chi connectivity index (χ4v) is 3.39. The molecule has 2 aliphatic rings. The number of aryl methyl sites for hydroxylation is 1. The highest BCUT2D eigenvalue weighted by atomic mass is 16.5. The van der Waals surface area contributed by atoms with E-state index in [9.17, 15) is 4.79 Å². The molecule has 0 saturated heterocycles. The van der Waals surface area contributed by atoms with Crippen molar-refractivity contribution in [1.82, 2.24) is 5.32 Å². The fourth-order valence-electron chi connectivity index (χ4n) is 3.39. The number of carbonyl (C=O) groups excluding carboxylic acids is 1. The standard InChI is InChI=1S/C17H24N2O2/c18-16-7-3-4-12-8-9-14(10-15(12)16)21-11-17(20)19-13-5-1-2-6-13/h8-10,13,16H,1-7,11,18H2,(H,19,20)/t16-/m1/s1. The van der Waals surface area contributed by atoms with Crippen LogP contribution >= 0.6 is 0 Å². The number of rotatable bonds is 4. The minimum Gasteiger partial charge on any atom is -0.484 e. The summed E-state index contributed by atoms with van der Waals surface area (Å²) >= 11 is 0. The largest absolute Gasteiger partial charge is 0.484 e. The maximum Gasteiger partial charge on any atom is 0.258 e. The van der Waals surface area contributed by atoms with E-state index in [-0.39, 0.29) is 18.6 Å². The minimum absolute atomic E-state index is 0.0241. The molecule has 2 aliphatic carbocycles. The molecule has 0 heterocycles. The Morgan fingerprint density at radius 1 is 1.24 bits per heavy atom. The Bertz CT molecular complexity index is 510. The second kappa shape index (κ2) is 6.48. The lowest BCUT2D eigenvalue weighted by Gasteiger charge is -2.22. The van der Waals surface area contributed by atoms with Gasteiger partial charge < -0.3 is 15.8 Å². The van der Waals surface area contributed by atoms with Crippen LogP contribution in [0.3, 0.4) is 0 Å². The molecule has 21 heavy (non-hydrogen) atoms. The second-order valence-electron chi connectivity index (χ2n) is 6.20. The Hall–Kier alpha value is -1.55. The van der Waals surface area contributed by atoms with Crippen molar-refractivity contribution >= 4 is 5.91 Å². The molecule has 0 spiro atoms. The van der Waals surface area contributed by atoms with Crippen molar-refractivity contribution in [3.63, 3.8) is 0 Å². The first-order valence-corrected chi connectivity index (χ1v) is 8.03. The summed E-state index contributed by atoms with van der Waals surface area (Å²) in [5, 5.41) is 3.03. The van der Waals surface area contributed by atoms with Crippen LogP contribution in [-0.4, -0.2) is 18.6 Å². The summed E-state index contributed by atoms with van der Waals surface area (Å²) in [6, 6.07) is 6.47. The smallest absolute Gasteiger partial charge is 0.258 e.